The SMILES string of the molecule is CC(C)(C)Sc1nccnc1C(=O)O. The molecule has 0 aromatic carbocycles. The van der Waals surface area contributed by atoms with Crippen molar-refractivity contribution in [3.63, 3.8) is 0 Å². The van der Waals surface area contributed by atoms with Crippen LogP contribution in [0.5, 0.6) is 0 Å². The second-order valence-electron chi connectivity index (χ2n) is 3.73. The summed E-state index contributed by atoms with van der Waals surface area (Å²) in [7, 11) is 0. The van der Waals surface area contributed by atoms with Gasteiger partial charge in [0.2, 0.25) is 0 Å². The zero-order valence-electron chi connectivity index (χ0n) is 8.31. The summed E-state index contributed by atoms with van der Waals surface area (Å²) in [5.74, 6) is -1.04. The van der Waals surface area contributed by atoms with Crippen molar-refractivity contribution in [2.24, 2.45) is 0 Å². The van der Waals surface area contributed by atoms with Crippen LogP contribution in [0.1, 0.15) is 31.3 Å². The van der Waals surface area contributed by atoms with Gasteiger partial charge in [-0.25, -0.2) is 14.8 Å². The number of thioether (sulfide) groups is 1. The fourth-order valence-electron chi connectivity index (χ4n) is 0.837. The first-order valence-corrected chi connectivity index (χ1v) is 4.95. The molecule has 0 radical (unpaired) electrons. The molecule has 1 aromatic rings. The number of carbonyl (C=O) groups is 1. The molecule has 0 aliphatic carbocycles. The average molecular weight is 212 g/mol. The van der Waals surface area contributed by atoms with Crippen LogP contribution >= 0.6 is 11.8 Å². The number of hydrogen-bond acceptors (Lipinski definition) is 4. The quantitative estimate of drug-likeness (QED) is 0.760. The van der Waals surface area contributed by atoms with Gasteiger partial charge in [-0.1, -0.05) is 32.5 Å². The second kappa shape index (κ2) is 3.96. The van der Waals surface area contributed by atoms with E-state index in [1.54, 1.807) is 0 Å². The Bertz CT molecular complexity index is 347. The largest absolute Gasteiger partial charge is 0.476 e. The lowest BCUT2D eigenvalue weighted by molar-refractivity contribution is 0.0685. The van der Waals surface area contributed by atoms with Crippen LogP contribution in [0.25, 0.3) is 0 Å². The highest BCUT2D eigenvalue weighted by Gasteiger charge is 2.19. The molecule has 0 aliphatic heterocycles. The van der Waals surface area contributed by atoms with Crippen molar-refractivity contribution in [1.82, 2.24) is 9.97 Å². The van der Waals surface area contributed by atoms with Gasteiger partial charge >= 0.3 is 5.97 Å². The van der Waals surface area contributed by atoms with Crippen LogP contribution in [0.2, 0.25) is 0 Å². The Morgan fingerprint density at radius 3 is 2.43 bits per heavy atom. The third-order valence-electron chi connectivity index (χ3n) is 1.27. The first-order valence-electron chi connectivity index (χ1n) is 4.13. The normalized spacial score (nSPS) is 11.4. The fraction of sp³-hybridized carbons (Fsp3) is 0.444. The Morgan fingerprint density at radius 2 is 1.93 bits per heavy atom. The number of nitrogens with zero attached hydrogens (tertiary/aromatic N) is 2. The number of carboxylic acids is 1. The average Bonchev–Trinajstić information content (AvgIpc) is 2.01. The van der Waals surface area contributed by atoms with E-state index in [9.17, 15) is 4.79 Å². The molecule has 1 rings (SSSR count). The third kappa shape index (κ3) is 2.99. The minimum absolute atomic E-state index is 0.0208. The van der Waals surface area contributed by atoms with E-state index in [4.69, 9.17) is 5.11 Å². The molecule has 1 N–H and O–H groups in total. The molecule has 5 heteroatoms. The lowest BCUT2D eigenvalue weighted by atomic mass is 10.3. The van der Waals surface area contributed by atoms with E-state index in [2.05, 4.69) is 9.97 Å². The van der Waals surface area contributed by atoms with Crippen LogP contribution in [0, 0.1) is 0 Å². The first-order chi connectivity index (χ1) is 6.40. The highest BCUT2D eigenvalue weighted by atomic mass is 32.2. The maximum Gasteiger partial charge on any atom is 0.357 e. The summed E-state index contributed by atoms with van der Waals surface area (Å²) >= 11 is 1.40. The Hall–Kier alpha value is -1.10. The van der Waals surface area contributed by atoms with Gasteiger partial charge in [-0.2, -0.15) is 0 Å². The van der Waals surface area contributed by atoms with E-state index in [-0.39, 0.29) is 10.4 Å². The Labute approximate surface area is 86.8 Å². The molecule has 0 spiro atoms. The second-order valence-corrected chi connectivity index (χ2v) is 5.55. The van der Waals surface area contributed by atoms with Crippen LogP contribution < -0.4 is 0 Å². The maximum atomic E-state index is 10.8. The minimum atomic E-state index is -1.04. The van der Waals surface area contributed by atoms with Gasteiger partial charge in [0, 0.05) is 17.1 Å². The van der Waals surface area contributed by atoms with Gasteiger partial charge in [-0.15, -0.1) is 0 Å². The number of aromatic carboxylic acids is 1. The Balaban J connectivity index is 3.02. The standard InChI is InChI=1S/C9H12N2O2S/c1-9(2,3)14-7-6(8(12)13)10-4-5-11-7/h4-5H,1-3H3,(H,12,13). The highest BCUT2D eigenvalue weighted by Crippen LogP contribution is 2.31. The Morgan fingerprint density at radius 1 is 1.36 bits per heavy atom. The van der Waals surface area contributed by atoms with Gasteiger partial charge in [-0.3, -0.25) is 0 Å². The van der Waals surface area contributed by atoms with Gasteiger partial charge in [-0.05, 0) is 0 Å². The molecule has 0 saturated heterocycles. The zero-order chi connectivity index (χ0) is 10.8. The summed E-state index contributed by atoms with van der Waals surface area (Å²) in [6.07, 6.45) is 2.89. The van der Waals surface area contributed by atoms with Crippen molar-refractivity contribution < 1.29 is 9.90 Å². The molecule has 14 heavy (non-hydrogen) atoms. The minimum Gasteiger partial charge on any atom is -0.476 e. The number of rotatable bonds is 2. The summed E-state index contributed by atoms with van der Waals surface area (Å²) < 4.78 is -0.0692. The van der Waals surface area contributed by atoms with Gasteiger partial charge in [0.1, 0.15) is 5.03 Å². The fourth-order valence-corrected chi connectivity index (χ4v) is 1.77. The molecule has 0 saturated carbocycles. The van der Waals surface area contributed by atoms with Crippen LogP contribution in [0.4, 0.5) is 0 Å². The van der Waals surface area contributed by atoms with Crippen molar-refractivity contribution in [3.05, 3.63) is 18.1 Å². The summed E-state index contributed by atoms with van der Waals surface area (Å²) in [6.45, 7) is 5.99. The van der Waals surface area contributed by atoms with Gasteiger partial charge in [0.05, 0.1) is 0 Å². The highest BCUT2D eigenvalue weighted by molar-refractivity contribution is 8.00. The van der Waals surface area contributed by atoms with Gasteiger partial charge in [0.25, 0.3) is 0 Å². The zero-order valence-corrected chi connectivity index (χ0v) is 9.13. The van der Waals surface area contributed by atoms with Gasteiger partial charge < -0.3 is 5.11 Å². The summed E-state index contributed by atoms with van der Waals surface area (Å²) in [5, 5.41) is 9.31. The molecule has 76 valence electrons. The molecule has 4 nitrogen and oxygen atoms in total. The molecule has 1 aromatic heterocycles. The van der Waals surface area contributed by atoms with E-state index < -0.39 is 5.97 Å². The van der Waals surface area contributed by atoms with Crippen molar-refractivity contribution >= 4 is 17.7 Å². The van der Waals surface area contributed by atoms with E-state index in [0.29, 0.717) is 5.03 Å². The number of aromatic nitrogens is 2. The molecular formula is C9H12N2O2S. The van der Waals surface area contributed by atoms with E-state index in [1.165, 1.54) is 24.2 Å². The van der Waals surface area contributed by atoms with Crippen LogP contribution in [-0.2, 0) is 0 Å². The number of hydrogen-bond donors (Lipinski definition) is 1. The topological polar surface area (TPSA) is 63.1 Å². The lowest BCUT2D eigenvalue weighted by Crippen LogP contribution is -2.11. The molecule has 0 aliphatic rings. The van der Waals surface area contributed by atoms with E-state index >= 15 is 0 Å². The lowest BCUT2D eigenvalue weighted by Gasteiger charge is -2.16. The molecule has 0 amide bonds. The van der Waals surface area contributed by atoms with Crippen molar-refractivity contribution in [2.45, 2.75) is 30.5 Å². The van der Waals surface area contributed by atoms with E-state index in [0.717, 1.165) is 0 Å². The summed E-state index contributed by atoms with van der Waals surface area (Å²) in [5.41, 5.74) is 0.0208. The van der Waals surface area contributed by atoms with Crippen molar-refractivity contribution in [3.8, 4) is 0 Å². The third-order valence-corrected chi connectivity index (χ3v) is 2.37. The van der Waals surface area contributed by atoms with Crippen molar-refractivity contribution in [1.29, 1.82) is 0 Å². The summed E-state index contributed by atoms with van der Waals surface area (Å²) in [4.78, 5) is 18.6. The predicted octanol–water partition coefficient (Wildman–Crippen LogP) is 2.07. The Kier molecular flexibility index (Phi) is 3.10. The molecule has 0 atom stereocenters. The maximum absolute atomic E-state index is 10.8. The van der Waals surface area contributed by atoms with Crippen molar-refractivity contribution in [2.75, 3.05) is 0 Å². The molecule has 1 heterocycles. The summed E-state index contributed by atoms with van der Waals surface area (Å²) in [6, 6.07) is 0. The van der Waals surface area contributed by atoms with Crippen LogP contribution in [-0.4, -0.2) is 25.8 Å². The predicted molar refractivity (Wildman–Crippen MR) is 54.6 cm³/mol. The molecule has 0 bridgehead atoms. The van der Waals surface area contributed by atoms with Gasteiger partial charge in [0.15, 0.2) is 5.69 Å². The monoisotopic (exact) mass is 212 g/mol. The first kappa shape index (κ1) is 11.0. The molecule has 0 unspecified atom stereocenters. The smallest absolute Gasteiger partial charge is 0.357 e. The number of carboxylic acid groups (broad SMARTS) is 1. The van der Waals surface area contributed by atoms with Crippen LogP contribution in [0.3, 0.4) is 0 Å². The molecular weight excluding hydrogens is 200 g/mol. The van der Waals surface area contributed by atoms with E-state index in [1.807, 2.05) is 20.8 Å². The molecule has 0 fully saturated rings. The van der Waals surface area contributed by atoms with Crippen LogP contribution in [0.15, 0.2) is 17.4 Å².